The number of aryl methyl sites for hydroxylation is 2. The number of ether oxygens (including phenoxy) is 2. The molecule has 2 heterocycles. The van der Waals surface area contributed by atoms with Crippen molar-refractivity contribution in [1.29, 1.82) is 0 Å². The first-order chi connectivity index (χ1) is 10.1. The van der Waals surface area contributed by atoms with Crippen molar-refractivity contribution in [3.05, 3.63) is 34.9 Å². The Morgan fingerprint density at radius 2 is 1.95 bits per heavy atom. The predicted molar refractivity (Wildman–Crippen MR) is 81.7 cm³/mol. The molecule has 2 aliphatic rings. The quantitative estimate of drug-likeness (QED) is 0.782. The van der Waals surface area contributed by atoms with Crippen LogP contribution in [0.2, 0.25) is 0 Å². The standard InChI is InChI=1S/C18H24O3/c1-13-3-4-16(14(2)11-13)17(19)15-5-8-21-18(12-15)6-9-20-10-7-18/h3-4,11,15H,5-10,12H2,1-2H3. The second-order valence-electron chi connectivity index (χ2n) is 6.52. The van der Waals surface area contributed by atoms with Gasteiger partial charge in [-0.1, -0.05) is 23.8 Å². The van der Waals surface area contributed by atoms with E-state index < -0.39 is 0 Å². The van der Waals surface area contributed by atoms with Gasteiger partial charge in [0.15, 0.2) is 5.78 Å². The van der Waals surface area contributed by atoms with E-state index in [9.17, 15) is 4.79 Å². The first-order valence-electron chi connectivity index (χ1n) is 7.93. The van der Waals surface area contributed by atoms with E-state index in [0.717, 1.165) is 50.0 Å². The number of ketones is 1. The lowest BCUT2D eigenvalue weighted by molar-refractivity contribution is -0.142. The lowest BCUT2D eigenvalue weighted by atomic mass is 9.77. The molecule has 3 heteroatoms. The fourth-order valence-corrected chi connectivity index (χ4v) is 3.65. The van der Waals surface area contributed by atoms with Gasteiger partial charge in [0.1, 0.15) is 0 Å². The van der Waals surface area contributed by atoms with Crippen LogP contribution < -0.4 is 0 Å². The van der Waals surface area contributed by atoms with Crippen molar-refractivity contribution in [2.24, 2.45) is 5.92 Å². The van der Waals surface area contributed by atoms with Crippen LogP contribution in [0.4, 0.5) is 0 Å². The Balaban J connectivity index is 1.77. The largest absolute Gasteiger partial charge is 0.381 e. The smallest absolute Gasteiger partial charge is 0.166 e. The van der Waals surface area contributed by atoms with Crippen LogP contribution in [-0.4, -0.2) is 31.2 Å². The fraction of sp³-hybridized carbons (Fsp3) is 0.611. The van der Waals surface area contributed by atoms with Crippen LogP contribution in [0, 0.1) is 19.8 Å². The van der Waals surface area contributed by atoms with Crippen molar-refractivity contribution in [2.45, 2.75) is 45.1 Å². The summed E-state index contributed by atoms with van der Waals surface area (Å²) in [6, 6.07) is 6.11. The molecular weight excluding hydrogens is 264 g/mol. The third kappa shape index (κ3) is 3.04. The molecule has 2 saturated heterocycles. The SMILES string of the molecule is Cc1ccc(C(=O)C2CCOC3(CCOCC3)C2)c(C)c1. The van der Waals surface area contributed by atoms with Gasteiger partial charge in [-0.2, -0.15) is 0 Å². The van der Waals surface area contributed by atoms with Gasteiger partial charge in [0.2, 0.25) is 0 Å². The van der Waals surface area contributed by atoms with Crippen LogP contribution in [0.3, 0.4) is 0 Å². The number of Topliss-reactive ketones (excluding diaryl/α,β-unsaturated/α-hetero) is 1. The van der Waals surface area contributed by atoms with Gasteiger partial charge in [-0.05, 0) is 45.1 Å². The average Bonchev–Trinajstić information content (AvgIpc) is 2.47. The number of hydrogen-bond acceptors (Lipinski definition) is 3. The van der Waals surface area contributed by atoms with Crippen molar-refractivity contribution < 1.29 is 14.3 Å². The van der Waals surface area contributed by atoms with Crippen LogP contribution in [0.15, 0.2) is 18.2 Å². The third-order valence-electron chi connectivity index (χ3n) is 4.92. The summed E-state index contributed by atoms with van der Waals surface area (Å²) in [6.45, 7) is 6.30. The molecular formula is C18H24O3. The van der Waals surface area contributed by atoms with E-state index in [-0.39, 0.29) is 11.5 Å². The summed E-state index contributed by atoms with van der Waals surface area (Å²) in [5, 5.41) is 0. The second-order valence-corrected chi connectivity index (χ2v) is 6.52. The van der Waals surface area contributed by atoms with Crippen LogP contribution >= 0.6 is 0 Å². The zero-order valence-corrected chi connectivity index (χ0v) is 13.0. The van der Waals surface area contributed by atoms with Crippen LogP contribution in [0.1, 0.15) is 47.2 Å². The Kier molecular flexibility index (Phi) is 4.14. The van der Waals surface area contributed by atoms with E-state index in [1.807, 2.05) is 19.1 Å². The highest BCUT2D eigenvalue weighted by Gasteiger charge is 2.41. The fourth-order valence-electron chi connectivity index (χ4n) is 3.65. The van der Waals surface area contributed by atoms with Crippen LogP contribution in [0.25, 0.3) is 0 Å². The molecule has 3 nitrogen and oxygen atoms in total. The minimum absolute atomic E-state index is 0.0956. The van der Waals surface area contributed by atoms with Gasteiger partial charge >= 0.3 is 0 Å². The Hall–Kier alpha value is -1.19. The molecule has 2 aliphatic heterocycles. The first-order valence-corrected chi connectivity index (χ1v) is 7.93. The lowest BCUT2D eigenvalue weighted by Gasteiger charge is -2.43. The summed E-state index contributed by atoms with van der Waals surface area (Å²) in [7, 11) is 0. The van der Waals surface area contributed by atoms with E-state index >= 15 is 0 Å². The maximum absolute atomic E-state index is 12.9. The summed E-state index contributed by atoms with van der Waals surface area (Å²) in [5.74, 6) is 0.389. The Labute approximate surface area is 126 Å². The number of rotatable bonds is 2. The van der Waals surface area contributed by atoms with E-state index in [0.29, 0.717) is 12.4 Å². The van der Waals surface area contributed by atoms with Gasteiger partial charge in [0.25, 0.3) is 0 Å². The molecule has 2 fully saturated rings. The lowest BCUT2D eigenvalue weighted by Crippen LogP contribution is -2.46. The van der Waals surface area contributed by atoms with Crippen molar-refractivity contribution >= 4 is 5.78 Å². The minimum atomic E-state index is -0.116. The molecule has 3 rings (SSSR count). The predicted octanol–water partition coefficient (Wildman–Crippen LogP) is 3.46. The maximum Gasteiger partial charge on any atom is 0.166 e. The van der Waals surface area contributed by atoms with Gasteiger partial charge in [0, 0.05) is 31.3 Å². The monoisotopic (exact) mass is 288 g/mol. The number of carbonyl (C=O) groups is 1. The third-order valence-corrected chi connectivity index (χ3v) is 4.92. The van der Waals surface area contributed by atoms with E-state index in [2.05, 4.69) is 13.0 Å². The minimum Gasteiger partial charge on any atom is -0.381 e. The number of carbonyl (C=O) groups excluding carboxylic acids is 1. The Bertz CT molecular complexity index is 524. The molecule has 1 unspecified atom stereocenters. The zero-order chi connectivity index (χ0) is 14.9. The zero-order valence-electron chi connectivity index (χ0n) is 13.0. The van der Waals surface area contributed by atoms with Gasteiger partial charge in [-0.3, -0.25) is 4.79 Å². The molecule has 0 radical (unpaired) electrons. The average molecular weight is 288 g/mol. The highest BCUT2D eigenvalue weighted by molar-refractivity contribution is 5.99. The highest BCUT2D eigenvalue weighted by atomic mass is 16.5. The van der Waals surface area contributed by atoms with Gasteiger partial charge in [-0.15, -0.1) is 0 Å². The summed E-state index contributed by atoms with van der Waals surface area (Å²) >= 11 is 0. The van der Waals surface area contributed by atoms with Crippen LogP contribution in [-0.2, 0) is 9.47 Å². The summed E-state index contributed by atoms with van der Waals surface area (Å²) in [4.78, 5) is 12.9. The molecule has 0 bridgehead atoms. The van der Waals surface area contributed by atoms with Gasteiger partial charge < -0.3 is 9.47 Å². The van der Waals surface area contributed by atoms with Crippen molar-refractivity contribution in [3.8, 4) is 0 Å². The molecule has 0 saturated carbocycles. The molecule has 21 heavy (non-hydrogen) atoms. The summed E-state index contributed by atoms with van der Waals surface area (Å²) < 4.78 is 11.5. The molecule has 1 spiro atoms. The molecule has 1 aromatic carbocycles. The van der Waals surface area contributed by atoms with E-state index in [1.165, 1.54) is 5.56 Å². The van der Waals surface area contributed by atoms with E-state index in [4.69, 9.17) is 9.47 Å². The first kappa shape index (κ1) is 14.7. The van der Waals surface area contributed by atoms with Gasteiger partial charge in [0.05, 0.1) is 5.60 Å². The highest BCUT2D eigenvalue weighted by Crippen LogP contribution is 2.38. The molecule has 114 valence electrons. The van der Waals surface area contributed by atoms with Crippen molar-refractivity contribution in [3.63, 3.8) is 0 Å². The molecule has 1 atom stereocenters. The van der Waals surface area contributed by atoms with Crippen LogP contribution in [0.5, 0.6) is 0 Å². The summed E-state index contributed by atoms with van der Waals surface area (Å²) in [5.41, 5.74) is 3.06. The topological polar surface area (TPSA) is 35.5 Å². The summed E-state index contributed by atoms with van der Waals surface area (Å²) in [6.07, 6.45) is 3.53. The Morgan fingerprint density at radius 1 is 1.19 bits per heavy atom. The van der Waals surface area contributed by atoms with Gasteiger partial charge in [-0.25, -0.2) is 0 Å². The maximum atomic E-state index is 12.9. The normalized spacial score (nSPS) is 25.0. The molecule has 0 aromatic heterocycles. The second kappa shape index (κ2) is 5.90. The van der Waals surface area contributed by atoms with Crippen molar-refractivity contribution in [2.75, 3.05) is 19.8 Å². The molecule has 0 aliphatic carbocycles. The number of hydrogen-bond donors (Lipinski definition) is 0. The number of benzene rings is 1. The molecule has 0 amide bonds. The van der Waals surface area contributed by atoms with Crippen molar-refractivity contribution in [1.82, 2.24) is 0 Å². The molecule has 1 aromatic rings. The molecule has 0 N–H and O–H groups in total. The Morgan fingerprint density at radius 3 is 2.67 bits per heavy atom. The van der Waals surface area contributed by atoms with E-state index in [1.54, 1.807) is 0 Å².